The molecule has 1 aromatic heterocycles. The molecule has 2 aromatic rings. The van der Waals surface area contributed by atoms with Crippen LogP contribution in [0, 0.1) is 0 Å². The van der Waals surface area contributed by atoms with Gasteiger partial charge in [0.1, 0.15) is 17.9 Å². The molecule has 0 radical (unpaired) electrons. The van der Waals surface area contributed by atoms with Crippen molar-refractivity contribution >= 4 is 0 Å². The number of benzene rings is 1. The summed E-state index contributed by atoms with van der Waals surface area (Å²) in [6.07, 6.45) is 5.96. The van der Waals surface area contributed by atoms with Crippen LogP contribution in [0.25, 0.3) is 0 Å². The maximum Gasteiger partial charge on any atom is 0.242 e. The Bertz CT molecular complexity index is 393. The number of aromatic nitrogens is 2. The normalized spacial score (nSPS) is 10.8. The van der Waals surface area contributed by atoms with E-state index >= 15 is 0 Å². The summed E-state index contributed by atoms with van der Waals surface area (Å²) in [5.41, 5.74) is 1.31. The Morgan fingerprint density at radius 3 is 2.33 bits per heavy atom. The second-order valence-corrected chi connectivity index (χ2v) is 3.94. The van der Waals surface area contributed by atoms with Gasteiger partial charge < -0.3 is 12.4 Å². The Labute approximate surface area is 96.4 Å². The van der Waals surface area contributed by atoms with Gasteiger partial charge in [0.25, 0.3) is 0 Å². The van der Waals surface area contributed by atoms with Gasteiger partial charge in [-0.15, -0.1) is 0 Å². The minimum absolute atomic E-state index is 0. The number of hydrogen-bond donors (Lipinski definition) is 1. The van der Waals surface area contributed by atoms with Crippen molar-refractivity contribution in [1.29, 1.82) is 0 Å². The molecule has 0 saturated carbocycles. The van der Waals surface area contributed by atoms with E-state index in [0.717, 1.165) is 0 Å². The van der Waals surface area contributed by atoms with Gasteiger partial charge in [-0.25, -0.2) is 4.57 Å². The van der Waals surface area contributed by atoms with E-state index < -0.39 is 0 Å². The quantitative estimate of drug-likeness (QED) is 0.635. The van der Waals surface area contributed by atoms with E-state index in [-0.39, 0.29) is 17.9 Å². The Morgan fingerprint density at radius 2 is 1.80 bits per heavy atom. The van der Waals surface area contributed by atoms with E-state index in [9.17, 15) is 0 Å². The Balaban J connectivity index is 0.00000112. The number of nitrogens with one attached hydrogen (secondary N) is 1. The molecule has 0 unspecified atom stereocenters. The maximum atomic E-state index is 3.07. The summed E-state index contributed by atoms with van der Waals surface area (Å²) in [5, 5.41) is 0. The van der Waals surface area contributed by atoms with Crippen LogP contribution in [0.2, 0.25) is 0 Å². The van der Waals surface area contributed by atoms with Crippen molar-refractivity contribution in [2.24, 2.45) is 0 Å². The molecule has 3 heteroatoms. The van der Waals surface area contributed by atoms with Crippen LogP contribution >= 0.6 is 0 Å². The number of hydrogen-bond acceptors (Lipinski definition) is 0. The summed E-state index contributed by atoms with van der Waals surface area (Å²) >= 11 is 0. The van der Waals surface area contributed by atoms with Crippen LogP contribution in [-0.2, 0) is 5.54 Å². The first-order chi connectivity index (χ1) is 6.71. The van der Waals surface area contributed by atoms with Gasteiger partial charge in [0.15, 0.2) is 0 Å². The number of nitrogens with zero attached hydrogens (tertiary/aromatic N) is 1. The van der Waals surface area contributed by atoms with Gasteiger partial charge in [-0.2, -0.15) is 0 Å². The molecule has 0 atom stereocenters. The standard InChI is InChI=1S/C12H14N2.ClH/c1-12(2,14-9-8-13-10-14)11-6-4-3-5-7-11;/h3-10H,1-2H3;1H. The molecule has 0 aliphatic heterocycles. The topological polar surface area (TPSA) is 19.7 Å². The third kappa shape index (κ3) is 2.21. The van der Waals surface area contributed by atoms with E-state index in [1.165, 1.54) is 5.56 Å². The zero-order valence-corrected chi connectivity index (χ0v) is 9.70. The van der Waals surface area contributed by atoms with Crippen LogP contribution in [0.4, 0.5) is 0 Å². The molecule has 1 heterocycles. The first-order valence-electron chi connectivity index (χ1n) is 4.81. The second kappa shape index (κ2) is 4.49. The fourth-order valence-electron chi connectivity index (χ4n) is 1.63. The number of H-pyrrole nitrogens is 1. The van der Waals surface area contributed by atoms with Crippen LogP contribution < -0.4 is 17.0 Å². The lowest BCUT2D eigenvalue weighted by Gasteiger charge is -2.21. The van der Waals surface area contributed by atoms with E-state index in [1.54, 1.807) is 0 Å². The van der Waals surface area contributed by atoms with Gasteiger partial charge in [0.2, 0.25) is 6.33 Å². The predicted octanol–water partition coefficient (Wildman–Crippen LogP) is -0.910. The van der Waals surface area contributed by atoms with Crippen LogP contribution in [0.3, 0.4) is 0 Å². The molecule has 0 aliphatic rings. The van der Waals surface area contributed by atoms with E-state index in [2.05, 4.69) is 47.7 Å². The number of rotatable bonds is 2. The smallest absolute Gasteiger partial charge is 0.242 e. The van der Waals surface area contributed by atoms with Crippen LogP contribution in [0.5, 0.6) is 0 Å². The van der Waals surface area contributed by atoms with Gasteiger partial charge in [0, 0.05) is 0 Å². The van der Waals surface area contributed by atoms with Crippen molar-refractivity contribution in [2.45, 2.75) is 19.4 Å². The number of imidazole rings is 1. The van der Waals surface area contributed by atoms with Crippen LogP contribution in [0.15, 0.2) is 49.1 Å². The highest BCUT2D eigenvalue weighted by molar-refractivity contribution is 5.20. The minimum atomic E-state index is 0. The van der Waals surface area contributed by atoms with Crippen molar-refractivity contribution in [1.82, 2.24) is 4.98 Å². The molecule has 0 amide bonds. The highest BCUT2D eigenvalue weighted by Crippen LogP contribution is 2.18. The first-order valence-corrected chi connectivity index (χ1v) is 4.81. The third-order valence-electron chi connectivity index (χ3n) is 2.67. The van der Waals surface area contributed by atoms with Gasteiger partial charge in [-0.3, -0.25) is 4.98 Å². The molecule has 0 bridgehead atoms. The molecule has 1 N–H and O–H groups in total. The molecule has 15 heavy (non-hydrogen) atoms. The molecule has 1 aromatic carbocycles. The average Bonchev–Trinajstić information content (AvgIpc) is 2.72. The highest BCUT2D eigenvalue weighted by atomic mass is 35.5. The average molecular weight is 223 g/mol. The highest BCUT2D eigenvalue weighted by Gasteiger charge is 2.26. The summed E-state index contributed by atoms with van der Waals surface area (Å²) in [4.78, 5) is 3.07. The summed E-state index contributed by atoms with van der Waals surface area (Å²) in [7, 11) is 0. The largest absolute Gasteiger partial charge is 1.00 e. The van der Waals surface area contributed by atoms with Gasteiger partial charge >= 0.3 is 0 Å². The first kappa shape index (κ1) is 11.8. The molecular weight excluding hydrogens is 208 g/mol. The van der Waals surface area contributed by atoms with E-state index in [4.69, 9.17) is 0 Å². The molecule has 2 nitrogen and oxygen atoms in total. The Morgan fingerprint density at radius 1 is 1.13 bits per heavy atom. The van der Waals surface area contributed by atoms with Crippen LogP contribution in [0.1, 0.15) is 19.4 Å². The lowest BCUT2D eigenvalue weighted by Crippen LogP contribution is -3.00. The zero-order chi connectivity index (χ0) is 10.0. The maximum absolute atomic E-state index is 3.07. The summed E-state index contributed by atoms with van der Waals surface area (Å²) in [5.74, 6) is 0. The van der Waals surface area contributed by atoms with E-state index in [0.29, 0.717) is 0 Å². The Kier molecular flexibility index (Phi) is 3.53. The van der Waals surface area contributed by atoms with Gasteiger partial charge in [-0.1, -0.05) is 30.3 Å². The fraction of sp³-hybridized carbons (Fsp3) is 0.250. The Hall–Kier alpha value is -1.28. The molecule has 0 spiro atoms. The lowest BCUT2D eigenvalue weighted by molar-refractivity contribution is -0.746. The second-order valence-electron chi connectivity index (χ2n) is 3.94. The summed E-state index contributed by atoms with van der Waals surface area (Å²) in [6.45, 7) is 4.41. The molecular formula is C12H15ClN2. The van der Waals surface area contributed by atoms with Gasteiger partial charge in [0.05, 0.1) is 0 Å². The monoisotopic (exact) mass is 222 g/mol. The molecule has 0 aliphatic carbocycles. The molecule has 0 fully saturated rings. The summed E-state index contributed by atoms with van der Waals surface area (Å²) in [6, 6.07) is 10.5. The van der Waals surface area contributed by atoms with Gasteiger partial charge in [-0.05, 0) is 19.4 Å². The SMILES string of the molecule is CC(C)(c1ccccc1)[n+]1cc[nH]c1.[Cl-]. The summed E-state index contributed by atoms with van der Waals surface area (Å²) < 4.78 is 2.17. The number of halogens is 1. The van der Waals surface area contributed by atoms with E-state index in [1.807, 2.05) is 24.8 Å². The van der Waals surface area contributed by atoms with Crippen molar-refractivity contribution in [3.8, 4) is 0 Å². The zero-order valence-electron chi connectivity index (χ0n) is 8.94. The van der Waals surface area contributed by atoms with Crippen molar-refractivity contribution in [2.75, 3.05) is 0 Å². The van der Waals surface area contributed by atoms with Crippen molar-refractivity contribution in [3.05, 3.63) is 54.6 Å². The lowest BCUT2D eigenvalue weighted by atomic mass is 9.94. The predicted molar refractivity (Wildman–Crippen MR) is 55.9 cm³/mol. The van der Waals surface area contributed by atoms with Crippen LogP contribution in [-0.4, -0.2) is 4.98 Å². The molecule has 80 valence electrons. The van der Waals surface area contributed by atoms with Crippen molar-refractivity contribution < 1.29 is 17.0 Å². The minimum Gasteiger partial charge on any atom is -1.00 e. The van der Waals surface area contributed by atoms with Crippen molar-refractivity contribution in [3.63, 3.8) is 0 Å². The number of aromatic amines is 1. The third-order valence-corrected chi connectivity index (χ3v) is 2.67. The molecule has 2 rings (SSSR count). The molecule has 0 saturated heterocycles. The fourth-order valence-corrected chi connectivity index (χ4v) is 1.63.